The summed E-state index contributed by atoms with van der Waals surface area (Å²) >= 11 is 0. The molecule has 7 heteroatoms. The highest BCUT2D eigenvalue weighted by Gasteiger charge is 2.30. The van der Waals surface area contributed by atoms with Crippen molar-refractivity contribution in [2.45, 2.75) is 39.8 Å². The van der Waals surface area contributed by atoms with Crippen LogP contribution in [0.5, 0.6) is 5.75 Å². The van der Waals surface area contributed by atoms with Crippen LogP contribution in [-0.2, 0) is 8.85 Å². The van der Waals surface area contributed by atoms with E-state index in [9.17, 15) is 0 Å². The standard InChI is InChI=1S/C21H29N3O3Si/c1-5-26-28(4,27-6-2)15-9-14-25-21-13-12-17(3)16-20(21)24-22-18-10-7-8-11-19(18)23-24/h7-8,10-13,16H,5-6,9,14-15H2,1-4H3. The first-order valence-electron chi connectivity index (χ1n) is 9.88. The van der Waals surface area contributed by atoms with Gasteiger partial charge in [0.05, 0.1) is 6.61 Å². The Balaban J connectivity index is 1.71. The zero-order valence-corrected chi connectivity index (χ0v) is 18.1. The van der Waals surface area contributed by atoms with Crippen LogP contribution in [0.2, 0.25) is 12.6 Å². The Kier molecular flexibility index (Phi) is 6.82. The molecular weight excluding hydrogens is 370 g/mol. The first-order valence-corrected chi connectivity index (χ1v) is 12.4. The van der Waals surface area contributed by atoms with Gasteiger partial charge in [-0.1, -0.05) is 18.2 Å². The van der Waals surface area contributed by atoms with Gasteiger partial charge in [0.15, 0.2) is 0 Å². The number of nitrogens with zero attached hydrogens (tertiary/aromatic N) is 3. The lowest BCUT2D eigenvalue weighted by atomic mass is 10.2. The lowest BCUT2D eigenvalue weighted by Crippen LogP contribution is -2.38. The van der Waals surface area contributed by atoms with Gasteiger partial charge in [-0.05, 0) is 69.6 Å². The third kappa shape index (κ3) is 4.98. The second-order valence-electron chi connectivity index (χ2n) is 6.90. The molecule has 0 saturated heterocycles. The first-order chi connectivity index (χ1) is 13.5. The van der Waals surface area contributed by atoms with Crippen LogP contribution in [-0.4, -0.2) is 43.4 Å². The zero-order chi connectivity index (χ0) is 20.0. The molecule has 28 heavy (non-hydrogen) atoms. The normalized spacial score (nSPS) is 11.9. The third-order valence-corrected chi connectivity index (χ3v) is 7.61. The van der Waals surface area contributed by atoms with E-state index in [4.69, 9.17) is 13.6 Å². The largest absolute Gasteiger partial charge is 0.491 e. The Morgan fingerprint density at radius 3 is 2.21 bits per heavy atom. The molecule has 0 aliphatic carbocycles. The SMILES string of the molecule is CCO[Si](C)(CCCOc1ccc(C)cc1-n1nc2ccccc2n1)OCC. The second-order valence-corrected chi connectivity index (χ2v) is 10.2. The minimum Gasteiger partial charge on any atom is -0.491 e. The average Bonchev–Trinajstić information content (AvgIpc) is 3.10. The Bertz CT molecular complexity index is 874. The molecule has 0 aliphatic rings. The van der Waals surface area contributed by atoms with E-state index < -0.39 is 8.56 Å². The van der Waals surface area contributed by atoms with E-state index in [1.807, 2.05) is 56.3 Å². The van der Waals surface area contributed by atoms with Crippen LogP contribution in [0, 0.1) is 6.92 Å². The minimum atomic E-state index is -2.11. The summed E-state index contributed by atoms with van der Waals surface area (Å²) in [5.74, 6) is 0.780. The minimum absolute atomic E-state index is 0.597. The first kappa shape index (κ1) is 20.5. The summed E-state index contributed by atoms with van der Waals surface area (Å²) in [6, 6.07) is 14.8. The van der Waals surface area contributed by atoms with Crippen molar-refractivity contribution in [2.75, 3.05) is 19.8 Å². The van der Waals surface area contributed by atoms with Crippen molar-refractivity contribution < 1.29 is 13.6 Å². The predicted molar refractivity (Wildman–Crippen MR) is 113 cm³/mol. The van der Waals surface area contributed by atoms with Crippen LogP contribution in [0.1, 0.15) is 25.8 Å². The van der Waals surface area contributed by atoms with Crippen LogP contribution in [0.15, 0.2) is 42.5 Å². The van der Waals surface area contributed by atoms with Crippen molar-refractivity contribution in [2.24, 2.45) is 0 Å². The van der Waals surface area contributed by atoms with Gasteiger partial charge in [0.25, 0.3) is 0 Å². The van der Waals surface area contributed by atoms with Crippen molar-refractivity contribution in [3.8, 4) is 11.4 Å². The summed E-state index contributed by atoms with van der Waals surface area (Å²) in [6.07, 6.45) is 0.880. The third-order valence-electron chi connectivity index (χ3n) is 4.55. The number of hydrogen-bond donors (Lipinski definition) is 0. The summed E-state index contributed by atoms with van der Waals surface area (Å²) in [7, 11) is -2.11. The number of benzene rings is 2. The fourth-order valence-corrected chi connectivity index (χ4v) is 5.63. The molecule has 0 bridgehead atoms. The molecule has 0 spiro atoms. The van der Waals surface area contributed by atoms with Gasteiger partial charge in [0, 0.05) is 13.2 Å². The fourth-order valence-electron chi connectivity index (χ4n) is 3.25. The molecule has 0 atom stereocenters. The fraction of sp³-hybridized carbons (Fsp3) is 0.429. The maximum Gasteiger partial charge on any atom is 0.335 e. The molecule has 0 amide bonds. The molecule has 0 aliphatic heterocycles. The zero-order valence-electron chi connectivity index (χ0n) is 17.1. The van der Waals surface area contributed by atoms with Crippen LogP contribution >= 0.6 is 0 Å². The van der Waals surface area contributed by atoms with Crippen molar-refractivity contribution in [3.63, 3.8) is 0 Å². The summed E-state index contributed by atoms with van der Waals surface area (Å²) in [4.78, 5) is 1.66. The molecular formula is C21H29N3O3Si. The van der Waals surface area contributed by atoms with E-state index >= 15 is 0 Å². The van der Waals surface area contributed by atoms with Gasteiger partial charge in [-0.3, -0.25) is 0 Å². The number of ether oxygens (including phenoxy) is 1. The van der Waals surface area contributed by atoms with E-state index in [2.05, 4.69) is 23.7 Å². The van der Waals surface area contributed by atoms with E-state index in [0.29, 0.717) is 19.8 Å². The molecule has 6 nitrogen and oxygen atoms in total. The van der Waals surface area contributed by atoms with Gasteiger partial charge in [-0.2, -0.15) is 0 Å². The van der Waals surface area contributed by atoms with Crippen LogP contribution < -0.4 is 4.74 Å². The lowest BCUT2D eigenvalue weighted by molar-refractivity contribution is 0.185. The van der Waals surface area contributed by atoms with Gasteiger partial charge in [-0.25, -0.2) is 0 Å². The summed E-state index contributed by atoms with van der Waals surface area (Å²) in [6.45, 7) is 10.2. The molecule has 0 unspecified atom stereocenters. The van der Waals surface area contributed by atoms with E-state index in [-0.39, 0.29) is 0 Å². The Hall–Kier alpha value is -2.22. The highest BCUT2D eigenvalue weighted by Crippen LogP contribution is 2.25. The molecule has 0 radical (unpaired) electrons. The van der Waals surface area contributed by atoms with Crippen molar-refractivity contribution >= 4 is 19.6 Å². The number of aryl methyl sites for hydroxylation is 1. The summed E-state index contributed by atoms with van der Waals surface area (Å²) < 4.78 is 17.9. The maximum absolute atomic E-state index is 6.10. The maximum atomic E-state index is 6.10. The Morgan fingerprint density at radius 2 is 1.61 bits per heavy atom. The topological polar surface area (TPSA) is 58.4 Å². The van der Waals surface area contributed by atoms with Crippen LogP contribution in [0.3, 0.4) is 0 Å². The summed E-state index contributed by atoms with van der Waals surface area (Å²) in [5.41, 5.74) is 3.72. The van der Waals surface area contributed by atoms with Gasteiger partial charge in [0.2, 0.25) is 0 Å². The number of aromatic nitrogens is 3. The molecule has 2 aromatic carbocycles. The van der Waals surface area contributed by atoms with Crippen molar-refractivity contribution in [1.82, 2.24) is 15.0 Å². The monoisotopic (exact) mass is 399 g/mol. The van der Waals surface area contributed by atoms with Gasteiger partial charge < -0.3 is 13.6 Å². The highest BCUT2D eigenvalue weighted by atomic mass is 28.4. The molecule has 0 saturated carbocycles. The van der Waals surface area contributed by atoms with Crippen LogP contribution in [0.25, 0.3) is 16.7 Å². The second kappa shape index (κ2) is 9.32. The number of fused-ring (bicyclic) bond motifs is 1. The quantitative estimate of drug-likeness (QED) is 0.367. The molecule has 1 aromatic heterocycles. The van der Waals surface area contributed by atoms with Crippen LogP contribution in [0.4, 0.5) is 0 Å². The molecule has 0 N–H and O–H groups in total. The average molecular weight is 400 g/mol. The molecule has 3 aromatic rings. The van der Waals surface area contributed by atoms with E-state index in [1.54, 1.807) is 4.80 Å². The van der Waals surface area contributed by atoms with Gasteiger partial charge in [0.1, 0.15) is 22.5 Å². The van der Waals surface area contributed by atoms with Crippen molar-refractivity contribution in [3.05, 3.63) is 48.0 Å². The molecule has 0 fully saturated rings. The highest BCUT2D eigenvalue weighted by molar-refractivity contribution is 6.66. The molecule has 150 valence electrons. The smallest absolute Gasteiger partial charge is 0.335 e. The van der Waals surface area contributed by atoms with Crippen molar-refractivity contribution in [1.29, 1.82) is 0 Å². The Labute approximate surface area is 167 Å². The number of hydrogen-bond acceptors (Lipinski definition) is 5. The number of rotatable bonds is 10. The lowest BCUT2D eigenvalue weighted by Gasteiger charge is -2.25. The molecule has 3 rings (SSSR count). The molecule has 1 heterocycles. The van der Waals surface area contributed by atoms with E-state index in [1.165, 1.54) is 0 Å². The van der Waals surface area contributed by atoms with Gasteiger partial charge >= 0.3 is 8.56 Å². The summed E-state index contributed by atoms with van der Waals surface area (Å²) in [5, 5.41) is 9.19. The van der Waals surface area contributed by atoms with E-state index in [0.717, 1.165) is 40.5 Å². The Morgan fingerprint density at radius 1 is 0.964 bits per heavy atom. The van der Waals surface area contributed by atoms with Gasteiger partial charge in [-0.15, -0.1) is 15.0 Å². The predicted octanol–water partition coefficient (Wildman–Crippen LogP) is 4.64.